The summed E-state index contributed by atoms with van der Waals surface area (Å²) in [5, 5.41) is 9.67. The zero-order valence-electron chi connectivity index (χ0n) is 12.0. The minimum absolute atomic E-state index is 0.116. The lowest BCUT2D eigenvalue weighted by molar-refractivity contribution is -0.145. The van der Waals surface area contributed by atoms with Crippen LogP contribution < -0.4 is 0 Å². The first kappa shape index (κ1) is 13.9. The maximum Gasteiger partial charge on any atom is 0.325 e. The third-order valence-electron chi connectivity index (χ3n) is 4.20. The first-order valence-corrected chi connectivity index (χ1v) is 7.25. The molecule has 4 heteroatoms. The quantitative estimate of drug-likeness (QED) is 0.938. The number of hydrogen-bond donors (Lipinski definition) is 1. The predicted molar refractivity (Wildman–Crippen MR) is 79.1 cm³/mol. The summed E-state index contributed by atoms with van der Waals surface area (Å²) >= 11 is 0. The van der Waals surface area contributed by atoms with Crippen molar-refractivity contribution >= 4 is 5.97 Å². The number of rotatable bonds is 4. The molecule has 1 aliphatic heterocycles. The van der Waals surface area contributed by atoms with Gasteiger partial charge in [-0.3, -0.25) is 9.69 Å². The van der Waals surface area contributed by atoms with Crippen molar-refractivity contribution in [3.63, 3.8) is 0 Å². The number of aliphatic carboxylic acids is 1. The summed E-state index contributed by atoms with van der Waals surface area (Å²) in [5.74, 6) is 0.110. The molecule has 2 heterocycles. The lowest BCUT2D eigenvalue weighted by atomic mass is 9.91. The number of nitrogens with zero attached hydrogens (tertiary/aromatic N) is 1. The first-order valence-electron chi connectivity index (χ1n) is 7.25. The number of carboxylic acid groups (broad SMARTS) is 1. The lowest BCUT2D eigenvalue weighted by Gasteiger charge is -2.38. The van der Waals surface area contributed by atoms with Crippen molar-refractivity contribution in [1.29, 1.82) is 0 Å². The summed E-state index contributed by atoms with van der Waals surface area (Å²) in [6.07, 6.45) is 3.27. The minimum Gasteiger partial charge on any atom is -0.480 e. The molecule has 0 bridgehead atoms. The Bertz CT molecular complexity index is 621. The van der Waals surface area contributed by atoms with E-state index in [0.717, 1.165) is 36.3 Å². The van der Waals surface area contributed by atoms with E-state index in [1.807, 2.05) is 36.4 Å². The van der Waals surface area contributed by atoms with E-state index >= 15 is 0 Å². The number of fused-ring (bicyclic) bond motifs is 1. The third kappa shape index (κ3) is 2.72. The molecule has 1 N–H and O–H groups in total. The van der Waals surface area contributed by atoms with Gasteiger partial charge in [-0.05, 0) is 36.6 Å². The lowest BCUT2D eigenvalue weighted by Crippen LogP contribution is -2.45. The monoisotopic (exact) mass is 285 g/mol. The zero-order chi connectivity index (χ0) is 14.8. The Kier molecular flexibility index (Phi) is 3.80. The average Bonchev–Trinajstić information content (AvgIpc) is 2.98. The summed E-state index contributed by atoms with van der Waals surface area (Å²) in [6, 6.07) is 11.2. The van der Waals surface area contributed by atoms with Crippen molar-refractivity contribution in [2.24, 2.45) is 0 Å². The Morgan fingerprint density at radius 3 is 2.90 bits per heavy atom. The van der Waals surface area contributed by atoms with Crippen LogP contribution in [0.25, 0.3) is 0 Å². The predicted octanol–water partition coefficient (Wildman–Crippen LogP) is 2.89. The number of carboxylic acids is 1. The van der Waals surface area contributed by atoms with Crippen molar-refractivity contribution in [2.45, 2.75) is 31.8 Å². The first-order chi connectivity index (χ1) is 10.2. The molecule has 0 amide bonds. The van der Waals surface area contributed by atoms with E-state index in [9.17, 15) is 9.90 Å². The normalized spacial score (nSPS) is 20.0. The molecule has 0 radical (unpaired) electrons. The van der Waals surface area contributed by atoms with Crippen molar-refractivity contribution in [3.05, 3.63) is 59.5 Å². The Balaban J connectivity index is 1.86. The van der Waals surface area contributed by atoms with Gasteiger partial charge in [0.2, 0.25) is 0 Å². The maximum atomic E-state index is 11.8. The van der Waals surface area contributed by atoms with Gasteiger partial charge in [0, 0.05) is 19.0 Å². The summed E-state index contributed by atoms with van der Waals surface area (Å²) in [5.41, 5.74) is 2.06. The number of benzene rings is 1. The highest BCUT2D eigenvalue weighted by atomic mass is 16.4. The summed E-state index contributed by atoms with van der Waals surface area (Å²) in [6.45, 7) is 2.82. The third-order valence-corrected chi connectivity index (χ3v) is 4.20. The van der Waals surface area contributed by atoms with Crippen molar-refractivity contribution in [1.82, 2.24) is 4.90 Å². The van der Waals surface area contributed by atoms with E-state index in [0.29, 0.717) is 0 Å². The zero-order valence-corrected chi connectivity index (χ0v) is 12.0. The van der Waals surface area contributed by atoms with Crippen LogP contribution in [0.15, 0.2) is 47.1 Å². The standard InChI is InChI=1S/C17H19NO3/c1-12(11-14-6-4-10-21-14)18-9-8-13-5-2-3-7-15(13)16(18)17(19)20/h2-7,10,12,16H,8-9,11H2,1H3,(H,19,20). The SMILES string of the molecule is CC(Cc1ccco1)N1CCc2ccccc2C1C(=O)O. The second-order valence-corrected chi connectivity index (χ2v) is 5.56. The summed E-state index contributed by atoms with van der Waals surface area (Å²) < 4.78 is 5.39. The largest absolute Gasteiger partial charge is 0.480 e. The number of carbonyl (C=O) groups is 1. The molecule has 1 aromatic heterocycles. The highest BCUT2D eigenvalue weighted by Gasteiger charge is 2.35. The van der Waals surface area contributed by atoms with Crippen molar-refractivity contribution < 1.29 is 14.3 Å². The number of hydrogen-bond acceptors (Lipinski definition) is 3. The molecule has 2 aromatic rings. The molecule has 1 aromatic carbocycles. The van der Waals surface area contributed by atoms with Gasteiger partial charge in [0.15, 0.2) is 0 Å². The van der Waals surface area contributed by atoms with Crippen LogP contribution in [0.1, 0.15) is 29.9 Å². The molecule has 1 aliphatic rings. The second kappa shape index (κ2) is 5.74. The Hall–Kier alpha value is -2.07. The minimum atomic E-state index is -0.784. The molecule has 0 aliphatic carbocycles. The summed E-state index contributed by atoms with van der Waals surface area (Å²) in [7, 11) is 0. The van der Waals surface area contributed by atoms with E-state index in [-0.39, 0.29) is 6.04 Å². The van der Waals surface area contributed by atoms with Crippen LogP contribution in [-0.2, 0) is 17.6 Å². The highest BCUT2D eigenvalue weighted by Crippen LogP contribution is 2.32. The van der Waals surface area contributed by atoms with Crippen LogP contribution in [0.4, 0.5) is 0 Å². The van der Waals surface area contributed by atoms with Crippen molar-refractivity contribution in [2.75, 3.05) is 6.54 Å². The topological polar surface area (TPSA) is 53.7 Å². The molecule has 0 fully saturated rings. The summed E-state index contributed by atoms with van der Waals surface area (Å²) in [4.78, 5) is 13.8. The van der Waals surface area contributed by atoms with E-state index in [2.05, 4.69) is 11.8 Å². The van der Waals surface area contributed by atoms with Gasteiger partial charge < -0.3 is 9.52 Å². The van der Waals surface area contributed by atoms with E-state index < -0.39 is 12.0 Å². The maximum absolute atomic E-state index is 11.8. The van der Waals surface area contributed by atoms with Gasteiger partial charge in [-0.2, -0.15) is 0 Å². The van der Waals surface area contributed by atoms with Crippen LogP contribution in [0.2, 0.25) is 0 Å². The van der Waals surface area contributed by atoms with Gasteiger partial charge in [0.25, 0.3) is 0 Å². The van der Waals surface area contributed by atoms with E-state index in [4.69, 9.17) is 4.42 Å². The van der Waals surface area contributed by atoms with E-state index in [1.54, 1.807) is 6.26 Å². The van der Waals surface area contributed by atoms with Crippen LogP contribution in [0.5, 0.6) is 0 Å². The van der Waals surface area contributed by atoms with E-state index in [1.165, 1.54) is 0 Å². The Morgan fingerprint density at radius 2 is 2.19 bits per heavy atom. The van der Waals surface area contributed by atoms with Gasteiger partial charge in [-0.15, -0.1) is 0 Å². The molecule has 0 saturated heterocycles. The molecule has 2 unspecified atom stereocenters. The van der Waals surface area contributed by atoms with Crippen molar-refractivity contribution in [3.8, 4) is 0 Å². The molecular formula is C17H19NO3. The van der Waals surface area contributed by atoms with Gasteiger partial charge >= 0.3 is 5.97 Å². The van der Waals surface area contributed by atoms with Crippen LogP contribution >= 0.6 is 0 Å². The van der Waals surface area contributed by atoms with Gasteiger partial charge in [-0.25, -0.2) is 0 Å². The molecule has 0 saturated carbocycles. The molecule has 3 rings (SSSR count). The van der Waals surface area contributed by atoms with Crippen LogP contribution in [-0.4, -0.2) is 28.6 Å². The fourth-order valence-electron chi connectivity index (χ4n) is 3.17. The molecule has 2 atom stereocenters. The second-order valence-electron chi connectivity index (χ2n) is 5.56. The molecular weight excluding hydrogens is 266 g/mol. The molecule has 0 spiro atoms. The number of furan rings is 1. The molecule has 21 heavy (non-hydrogen) atoms. The van der Waals surface area contributed by atoms with Gasteiger partial charge in [0.1, 0.15) is 11.8 Å². The average molecular weight is 285 g/mol. The molecule has 110 valence electrons. The Labute approximate surface area is 124 Å². The Morgan fingerprint density at radius 1 is 1.38 bits per heavy atom. The van der Waals surface area contributed by atoms with Crippen LogP contribution in [0, 0.1) is 0 Å². The highest BCUT2D eigenvalue weighted by molar-refractivity contribution is 5.76. The van der Waals surface area contributed by atoms with Crippen LogP contribution in [0.3, 0.4) is 0 Å². The fourth-order valence-corrected chi connectivity index (χ4v) is 3.17. The van der Waals surface area contributed by atoms with Gasteiger partial charge in [0.05, 0.1) is 6.26 Å². The van der Waals surface area contributed by atoms with Gasteiger partial charge in [-0.1, -0.05) is 24.3 Å². The fraction of sp³-hybridized carbons (Fsp3) is 0.353. The smallest absolute Gasteiger partial charge is 0.325 e. The molecule has 4 nitrogen and oxygen atoms in total.